The van der Waals surface area contributed by atoms with E-state index in [1.54, 1.807) is 48.5 Å². The van der Waals surface area contributed by atoms with Crippen molar-refractivity contribution < 1.29 is 18.0 Å². The minimum absolute atomic E-state index is 0.0177. The van der Waals surface area contributed by atoms with Crippen LogP contribution >= 0.6 is 23.2 Å². The molecule has 0 heterocycles. The number of carbonyl (C=O) groups is 2. The van der Waals surface area contributed by atoms with E-state index in [0.29, 0.717) is 26.9 Å². The van der Waals surface area contributed by atoms with E-state index in [4.69, 9.17) is 23.2 Å². The number of halogens is 2. The first-order chi connectivity index (χ1) is 14.7. The first-order valence-electron chi connectivity index (χ1n) is 9.16. The molecular weight excluding hydrogens is 459 g/mol. The highest BCUT2D eigenvalue weighted by Crippen LogP contribution is 2.23. The molecule has 0 saturated heterocycles. The lowest BCUT2D eigenvalue weighted by molar-refractivity contribution is -0.115. The number of amides is 1. The number of ketones is 1. The maximum Gasteiger partial charge on any atom is 0.240 e. The van der Waals surface area contributed by atoms with Crippen LogP contribution in [0.3, 0.4) is 0 Å². The average Bonchev–Trinajstić information content (AvgIpc) is 2.75. The van der Waals surface area contributed by atoms with Gasteiger partial charge in [-0.05, 0) is 42.0 Å². The Balaban J connectivity index is 1.58. The van der Waals surface area contributed by atoms with Crippen LogP contribution in [0.2, 0.25) is 10.0 Å². The fourth-order valence-corrected chi connectivity index (χ4v) is 4.03. The van der Waals surface area contributed by atoms with Gasteiger partial charge < -0.3 is 5.32 Å². The summed E-state index contributed by atoms with van der Waals surface area (Å²) in [6, 6.07) is 19.0. The molecule has 3 aromatic carbocycles. The van der Waals surface area contributed by atoms with Gasteiger partial charge in [0.25, 0.3) is 0 Å². The SMILES string of the molecule is O=C(Cc1ccc(Cl)c(Cl)c1)Nc1ccc(S(=O)(=O)NCC(=O)c2ccccc2)cc1. The van der Waals surface area contributed by atoms with Crippen molar-refractivity contribution in [3.63, 3.8) is 0 Å². The van der Waals surface area contributed by atoms with Crippen LogP contribution < -0.4 is 10.0 Å². The molecule has 0 aliphatic rings. The summed E-state index contributed by atoms with van der Waals surface area (Å²) in [7, 11) is -3.88. The van der Waals surface area contributed by atoms with E-state index in [0.717, 1.165) is 0 Å². The Morgan fingerprint density at radius 3 is 2.16 bits per heavy atom. The lowest BCUT2D eigenvalue weighted by Gasteiger charge is -2.09. The van der Waals surface area contributed by atoms with Crippen molar-refractivity contribution in [3.05, 3.63) is 94.0 Å². The van der Waals surface area contributed by atoms with Crippen molar-refractivity contribution in [2.45, 2.75) is 11.3 Å². The molecule has 0 unspecified atom stereocenters. The summed E-state index contributed by atoms with van der Waals surface area (Å²) >= 11 is 11.8. The molecule has 9 heteroatoms. The number of Topliss-reactive ketones (excluding diaryl/α,β-unsaturated/α-hetero) is 1. The highest BCUT2D eigenvalue weighted by atomic mass is 35.5. The highest BCUT2D eigenvalue weighted by Gasteiger charge is 2.16. The van der Waals surface area contributed by atoms with E-state index in [-0.39, 0.29) is 29.6 Å². The summed E-state index contributed by atoms with van der Waals surface area (Å²) in [5.41, 5.74) is 1.55. The van der Waals surface area contributed by atoms with Gasteiger partial charge in [0.2, 0.25) is 15.9 Å². The summed E-state index contributed by atoms with van der Waals surface area (Å²) in [5, 5.41) is 3.46. The van der Waals surface area contributed by atoms with Crippen LogP contribution in [0.4, 0.5) is 5.69 Å². The number of hydrogen-bond donors (Lipinski definition) is 2. The Morgan fingerprint density at radius 2 is 1.52 bits per heavy atom. The van der Waals surface area contributed by atoms with E-state index in [2.05, 4.69) is 10.0 Å². The third kappa shape index (κ3) is 6.38. The number of benzene rings is 3. The third-order valence-electron chi connectivity index (χ3n) is 4.32. The molecule has 160 valence electrons. The van der Waals surface area contributed by atoms with Crippen LogP contribution in [0.25, 0.3) is 0 Å². The molecule has 3 rings (SSSR count). The standard InChI is InChI=1S/C22H18Cl2N2O4S/c23-19-11-6-15(12-20(19)24)13-22(28)26-17-7-9-18(10-8-17)31(29,30)25-14-21(27)16-4-2-1-3-5-16/h1-12,25H,13-14H2,(H,26,28). The van der Waals surface area contributed by atoms with Crippen molar-refractivity contribution in [1.82, 2.24) is 4.72 Å². The second kappa shape index (κ2) is 10.1. The lowest BCUT2D eigenvalue weighted by Crippen LogP contribution is -2.29. The molecule has 0 aliphatic carbocycles. The first kappa shape index (κ1) is 23.0. The van der Waals surface area contributed by atoms with E-state index in [1.165, 1.54) is 24.3 Å². The zero-order chi connectivity index (χ0) is 22.4. The van der Waals surface area contributed by atoms with Gasteiger partial charge in [-0.15, -0.1) is 0 Å². The van der Waals surface area contributed by atoms with Crippen LogP contribution in [-0.4, -0.2) is 26.7 Å². The number of sulfonamides is 1. The summed E-state index contributed by atoms with van der Waals surface area (Å²) in [4.78, 5) is 24.3. The first-order valence-corrected chi connectivity index (χ1v) is 11.4. The largest absolute Gasteiger partial charge is 0.326 e. The zero-order valence-electron chi connectivity index (χ0n) is 16.1. The maximum absolute atomic E-state index is 12.4. The predicted molar refractivity (Wildman–Crippen MR) is 121 cm³/mol. The molecule has 31 heavy (non-hydrogen) atoms. The van der Waals surface area contributed by atoms with Crippen LogP contribution in [0.5, 0.6) is 0 Å². The maximum atomic E-state index is 12.4. The van der Waals surface area contributed by atoms with E-state index < -0.39 is 10.0 Å². The monoisotopic (exact) mass is 476 g/mol. The molecule has 0 bridgehead atoms. The molecule has 0 fully saturated rings. The third-order valence-corrected chi connectivity index (χ3v) is 6.47. The molecule has 0 aromatic heterocycles. The van der Waals surface area contributed by atoms with Crippen LogP contribution in [0.1, 0.15) is 15.9 Å². The van der Waals surface area contributed by atoms with Crippen molar-refractivity contribution in [2.24, 2.45) is 0 Å². The van der Waals surface area contributed by atoms with Crippen LogP contribution in [0.15, 0.2) is 77.7 Å². The van der Waals surface area contributed by atoms with Gasteiger partial charge in [-0.2, -0.15) is 0 Å². The number of rotatable bonds is 8. The molecule has 0 aliphatic heterocycles. The van der Waals surface area contributed by atoms with E-state index >= 15 is 0 Å². The molecule has 0 spiro atoms. The van der Waals surface area contributed by atoms with Gasteiger partial charge in [0.15, 0.2) is 5.78 Å². The average molecular weight is 477 g/mol. The number of hydrogen-bond acceptors (Lipinski definition) is 4. The van der Waals surface area contributed by atoms with Gasteiger partial charge in [0.05, 0.1) is 27.9 Å². The van der Waals surface area contributed by atoms with Crippen molar-refractivity contribution in [3.8, 4) is 0 Å². The predicted octanol–water partition coefficient (Wildman–Crippen LogP) is 4.34. The summed E-state index contributed by atoms with van der Waals surface area (Å²) < 4.78 is 27.1. The summed E-state index contributed by atoms with van der Waals surface area (Å²) in [6.45, 7) is -0.353. The zero-order valence-corrected chi connectivity index (χ0v) is 18.5. The molecule has 0 radical (unpaired) electrons. The molecule has 0 saturated carbocycles. The highest BCUT2D eigenvalue weighted by molar-refractivity contribution is 7.89. The van der Waals surface area contributed by atoms with Crippen molar-refractivity contribution in [1.29, 1.82) is 0 Å². The lowest BCUT2D eigenvalue weighted by atomic mass is 10.1. The molecule has 6 nitrogen and oxygen atoms in total. The molecule has 2 N–H and O–H groups in total. The Bertz CT molecular complexity index is 1200. The van der Waals surface area contributed by atoms with Gasteiger partial charge in [-0.3, -0.25) is 9.59 Å². The second-order valence-corrected chi connectivity index (χ2v) is 9.19. The quantitative estimate of drug-likeness (QED) is 0.473. The minimum atomic E-state index is -3.88. The van der Waals surface area contributed by atoms with E-state index in [1.807, 2.05) is 0 Å². The van der Waals surface area contributed by atoms with Crippen molar-refractivity contribution in [2.75, 3.05) is 11.9 Å². The number of nitrogens with one attached hydrogen (secondary N) is 2. The molecular formula is C22H18Cl2N2O4S. The fraction of sp³-hybridized carbons (Fsp3) is 0.0909. The Kier molecular flexibility index (Phi) is 7.46. The molecule has 3 aromatic rings. The summed E-state index contributed by atoms with van der Waals surface area (Å²) in [5.74, 6) is -0.629. The van der Waals surface area contributed by atoms with Gasteiger partial charge in [-0.1, -0.05) is 59.6 Å². The Morgan fingerprint density at radius 1 is 0.839 bits per heavy atom. The van der Waals surface area contributed by atoms with Crippen molar-refractivity contribution >= 4 is 50.6 Å². The van der Waals surface area contributed by atoms with Gasteiger partial charge in [0.1, 0.15) is 0 Å². The molecule has 1 amide bonds. The second-order valence-electron chi connectivity index (χ2n) is 6.61. The normalized spacial score (nSPS) is 11.2. The summed E-state index contributed by atoms with van der Waals surface area (Å²) in [6.07, 6.45) is 0.0834. The number of carbonyl (C=O) groups excluding carboxylic acids is 2. The van der Waals surface area contributed by atoms with Crippen LogP contribution in [-0.2, 0) is 21.2 Å². The van der Waals surface area contributed by atoms with Gasteiger partial charge >= 0.3 is 0 Å². The minimum Gasteiger partial charge on any atom is -0.326 e. The smallest absolute Gasteiger partial charge is 0.240 e. The van der Waals surface area contributed by atoms with Crippen LogP contribution in [0, 0.1) is 0 Å². The molecule has 0 atom stereocenters. The Labute approximate surface area is 190 Å². The van der Waals surface area contributed by atoms with Gasteiger partial charge in [-0.25, -0.2) is 13.1 Å². The number of anilines is 1. The Hall–Kier alpha value is -2.71. The fourth-order valence-electron chi connectivity index (χ4n) is 2.73. The van der Waals surface area contributed by atoms with E-state index in [9.17, 15) is 18.0 Å². The van der Waals surface area contributed by atoms with Gasteiger partial charge in [0, 0.05) is 11.3 Å². The topological polar surface area (TPSA) is 92.3 Å².